The van der Waals surface area contributed by atoms with E-state index >= 15 is 0 Å². The lowest BCUT2D eigenvalue weighted by molar-refractivity contribution is 1.23. The fourth-order valence-electron chi connectivity index (χ4n) is 14.9. The van der Waals surface area contributed by atoms with Crippen LogP contribution in [0.3, 0.4) is 0 Å². The number of fused-ring (bicyclic) bond motifs is 12. The Hall–Kier alpha value is -9.65. The zero-order chi connectivity index (χ0) is 55.7. The molecule has 18 rings (SSSR count). The molecule has 2 nitrogen and oxygen atoms in total. The van der Waals surface area contributed by atoms with E-state index in [1.54, 1.807) is 0 Å². The van der Waals surface area contributed by atoms with E-state index in [4.69, 9.17) is 0 Å². The standard InChI is InChI=1S/C78H49B3N2S2/c1-6-25-50(26-7-1)55-45-58(53-31-12-4-13-32-53)74(59(46-55)54-33-14-5-15-34-54)81-63-40-19-22-43-70(63)84-72-48-68-64(47-65(72)81)80-61-38-17-21-42-67(61)82-66-41-20-16-37-60(66)79-62-39-18-23-44-71(62)85-73-49-69(75(80)78(82)76(73)79)83(68)77-56(51-27-8-2-9-28-51)35-24-36-57(77)52-29-10-3-11-30-52/h1-49H. The molecule has 5 aliphatic rings. The molecule has 0 amide bonds. The van der Waals surface area contributed by atoms with Crippen molar-refractivity contribution in [1.29, 1.82) is 0 Å². The fourth-order valence-corrected chi connectivity index (χ4v) is 17.3. The van der Waals surface area contributed by atoms with Crippen molar-refractivity contribution >= 4 is 127 Å². The van der Waals surface area contributed by atoms with Crippen molar-refractivity contribution < 1.29 is 0 Å². The summed E-state index contributed by atoms with van der Waals surface area (Å²) < 4.78 is 0. The number of benzene rings is 13. The lowest BCUT2D eigenvalue weighted by atomic mass is 9.28. The van der Waals surface area contributed by atoms with E-state index in [0.717, 1.165) is 0 Å². The van der Waals surface area contributed by atoms with Crippen molar-refractivity contribution in [1.82, 2.24) is 0 Å². The second-order valence-corrected chi connectivity index (χ2v) is 25.1. The van der Waals surface area contributed by atoms with Gasteiger partial charge in [-0.25, -0.2) is 0 Å². The van der Waals surface area contributed by atoms with Gasteiger partial charge in [-0.15, -0.1) is 0 Å². The van der Waals surface area contributed by atoms with Gasteiger partial charge in [0.05, 0.1) is 5.69 Å². The van der Waals surface area contributed by atoms with Crippen LogP contribution in [0.15, 0.2) is 317 Å². The summed E-state index contributed by atoms with van der Waals surface area (Å²) in [7, 11) is 0. The highest BCUT2D eigenvalue weighted by Crippen LogP contribution is 2.53. The number of rotatable bonds is 7. The van der Waals surface area contributed by atoms with Crippen molar-refractivity contribution in [3.63, 3.8) is 0 Å². The van der Waals surface area contributed by atoms with Crippen molar-refractivity contribution in [2.45, 2.75) is 19.6 Å². The predicted molar refractivity (Wildman–Crippen MR) is 365 cm³/mol. The van der Waals surface area contributed by atoms with Crippen LogP contribution in [0.4, 0.5) is 34.1 Å². The van der Waals surface area contributed by atoms with Gasteiger partial charge in [-0.3, -0.25) is 0 Å². The molecule has 13 aromatic carbocycles. The minimum atomic E-state index is -0.138. The first-order valence-electron chi connectivity index (χ1n) is 29.5. The van der Waals surface area contributed by atoms with Gasteiger partial charge in [0, 0.05) is 59.1 Å². The third-order valence-corrected chi connectivity index (χ3v) is 20.7. The summed E-state index contributed by atoms with van der Waals surface area (Å²) >= 11 is 3.87. The van der Waals surface area contributed by atoms with Gasteiger partial charge < -0.3 is 9.80 Å². The molecule has 5 aliphatic heterocycles. The molecule has 392 valence electrons. The van der Waals surface area contributed by atoms with E-state index in [1.807, 2.05) is 23.5 Å². The Kier molecular flexibility index (Phi) is 11.2. The second kappa shape index (κ2) is 19.5. The molecular formula is C78H49B3N2S2. The van der Waals surface area contributed by atoms with Crippen LogP contribution in [0, 0.1) is 0 Å². The molecule has 0 bridgehead atoms. The largest absolute Gasteiger partial charge is 0.312 e. The topological polar surface area (TPSA) is 6.48 Å². The summed E-state index contributed by atoms with van der Waals surface area (Å²) in [6.45, 7) is -0.187. The average molecular weight is 1110 g/mol. The molecule has 5 heterocycles. The van der Waals surface area contributed by atoms with E-state index in [9.17, 15) is 0 Å². The van der Waals surface area contributed by atoms with E-state index in [1.165, 1.54) is 159 Å². The normalized spacial score (nSPS) is 13.4. The van der Waals surface area contributed by atoms with Crippen LogP contribution < -0.4 is 59.0 Å². The molecule has 0 saturated carbocycles. The number of anilines is 6. The average Bonchev–Trinajstić information content (AvgIpc) is 0.931. The molecular weight excluding hydrogens is 1060 g/mol. The SMILES string of the molecule is c1ccc(-c2cc(-c3ccccc3)c(B3c4ccccc4Sc4cc5c(cc43)B3c4ccccc4N4c6ccccc6B6c7ccccc7Sc7cc(c3c4c76)N5c3c(-c4ccccc4)cccc3-c3ccccc3)c(-c3ccccc3)c2)cc1. The van der Waals surface area contributed by atoms with Gasteiger partial charge >= 0.3 is 0 Å². The van der Waals surface area contributed by atoms with Crippen molar-refractivity contribution in [3.05, 3.63) is 297 Å². The highest BCUT2D eigenvalue weighted by Gasteiger charge is 2.51. The Morgan fingerprint density at radius 1 is 0.212 bits per heavy atom. The van der Waals surface area contributed by atoms with E-state index < -0.39 is 0 Å². The van der Waals surface area contributed by atoms with Gasteiger partial charge in [0.25, 0.3) is 6.71 Å². The monoisotopic (exact) mass is 1110 g/mol. The number of hydrogen-bond donors (Lipinski definition) is 0. The zero-order valence-corrected chi connectivity index (χ0v) is 47.9. The zero-order valence-electron chi connectivity index (χ0n) is 46.2. The summed E-state index contributed by atoms with van der Waals surface area (Å²) in [6, 6.07) is 112. The predicted octanol–water partition coefficient (Wildman–Crippen LogP) is 14.4. The van der Waals surface area contributed by atoms with Gasteiger partial charge in [0.1, 0.15) is 0 Å². The molecule has 0 radical (unpaired) electrons. The van der Waals surface area contributed by atoms with Crippen molar-refractivity contribution in [2.75, 3.05) is 9.80 Å². The Morgan fingerprint density at radius 3 is 1.14 bits per heavy atom. The van der Waals surface area contributed by atoms with Crippen LogP contribution >= 0.6 is 23.5 Å². The summed E-state index contributed by atoms with van der Waals surface area (Å²) in [5.74, 6) is 0. The smallest absolute Gasteiger partial charge is 0.252 e. The lowest BCUT2D eigenvalue weighted by Crippen LogP contribution is -2.68. The summed E-state index contributed by atoms with van der Waals surface area (Å²) in [5, 5.41) is 0. The molecule has 0 saturated heterocycles. The molecule has 0 N–H and O–H groups in total. The van der Waals surface area contributed by atoms with Gasteiger partial charge in [-0.2, -0.15) is 0 Å². The van der Waals surface area contributed by atoms with Gasteiger partial charge in [-0.05, 0) is 120 Å². The number of para-hydroxylation sites is 3. The van der Waals surface area contributed by atoms with Gasteiger partial charge in [0.15, 0.2) is 0 Å². The first-order valence-corrected chi connectivity index (χ1v) is 31.1. The van der Waals surface area contributed by atoms with Crippen LogP contribution in [0.2, 0.25) is 0 Å². The van der Waals surface area contributed by atoms with Crippen molar-refractivity contribution in [3.8, 4) is 55.6 Å². The second-order valence-electron chi connectivity index (χ2n) is 22.9. The maximum absolute atomic E-state index is 2.72. The molecule has 0 aliphatic carbocycles. The highest BCUT2D eigenvalue weighted by atomic mass is 32.2. The minimum absolute atomic E-state index is 0.0601. The Bertz CT molecular complexity index is 4750. The Labute approximate surface area is 505 Å². The van der Waals surface area contributed by atoms with Crippen LogP contribution in [0.25, 0.3) is 55.6 Å². The van der Waals surface area contributed by atoms with Crippen LogP contribution in [0.5, 0.6) is 0 Å². The number of nitrogens with zero attached hydrogens (tertiary/aromatic N) is 2. The van der Waals surface area contributed by atoms with Crippen molar-refractivity contribution in [2.24, 2.45) is 0 Å². The number of hydrogen-bond acceptors (Lipinski definition) is 4. The van der Waals surface area contributed by atoms with E-state index in [-0.39, 0.29) is 20.1 Å². The molecule has 13 aromatic rings. The van der Waals surface area contributed by atoms with Gasteiger partial charge in [0.2, 0.25) is 13.4 Å². The molecule has 0 spiro atoms. The third-order valence-electron chi connectivity index (χ3n) is 18.4. The molecule has 0 unspecified atom stereocenters. The van der Waals surface area contributed by atoms with E-state index in [0.29, 0.717) is 0 Å². The maximum Gasteiger partial charge on any atom is 0.252 e. The molecule has 85 heavy (non-hydrogen) atoms. The van der Waals surface area contributed by atoms with Gasteiger partial charge in [-0.1, -0.05) is 294 Å². The third kappa shape index (κ3) is 7.46. The Morgan fingerprint density at radius 2 is 0.612 bits per heavy atom. The maximum atomic E-state index is 2.72. The van der Waals surface area contributed by atoms with Crippen LogP contribution in [-0.2, 0) is 0 Å². The summed E-state index contributed by atoms with van der Waals surface area (Å²) in [4.78, 5) is 10.6. The van der Waals surface area contributed by atoms with E-state index in [2.05, 4.69) is 307 Å². The van der Waals surface area contributed by atoms with Crippen LogP contribution in [-0.4, -0.2) is 20.1 Å². The minimum Gasteiger partial charge on any atom is -0.312 e. The molecule has 7 heteroatoms. The lowest BCUT2D eigenvalue weighted by Gasteiger charge is -2.50. The molecule has 0 atom stereocenters. The molecule has 0 aromatic heterocycles. The quantitative estimate of drug-likeness (QED) is 0.147. The fraction of sp³-hybridized carbons (Fsp3) is 0. The Balaban J connectivity index is 0.992. The summed E-state index contributed by atoms with van der Waals surface area (Å²) in [5.41, 5.74) is 31.5. The first-order chi connectivity index (χ1) is 42.2. The highest BCUT2D eigenvalue weighted by molar-refractivity contribution is 8.00. The first kappa shape index (κ1) is 48.8. The van der Waals surface area contributed by atoms with Crippen LogP contribution in [0.1, 0.15) is 0 Å². The molecule has 0 fully saturated rings. The summed E-state index contributed by atoms with van der Waals surface area (Å²) in [6.07, 6.45) is 0.